The first-order chi connectivity index (χ1) is 17.3. The minimum Gasteiger partial charge on any atom is -0.479 e. The van der Waals surface area contributed by atoms with Crippen LogP contribution in [0.3, 0.4) is 0 Å². The van der Waals surface area contributed by atoms with Crippen molar-refractivity contribution in [2.45, 2.75) is 25.0 Å². The number of aliphatic hydroxyl groups excluding tert-OH is 1. The van der Waals surface area contributed by atoms with Gasteiger partial charge < -0.3 is 15.5 Å². The number of carbonyl (C=O) groups is 2. The molecule has 2 atom stereocenters. The fraction of sp³-hybridized carbons (Fsp3) is 0.154. The van der Waals surface area contributed by atoms with Gasteiger partial charge in [0.2, 0.25) is 5.82 Å². The number of amides is 1. The average Bonchev–Trinajstić information content (AvgIpc) is 3.28. The molecule has 36 heavy (non-hydrogen) atoms. The van der Waals surface area contributed by atoms with E-state index in [4.69, 9.17) is 11.6 Å². The highest BCUT2D eigenvalue weighted by molar-refractivity contribution is 6.31. The number of aromatic amines is 1. The number of carbonyl (C=O) groups excluding carboxylic acids is 1. The van der Waals surface area contributed by atoms with E-state index in [0.29, 0.717) is 16.3 Å². The van der Waals surface area contributed by atoms with E-state index in [0.717, 1.165) is 15.8 Å². The second-order valence-electron chi connectivity index (χ2n) is 8.16. The molecule has 0 aliphatic rings. The predicted octanol–water partition coefficient (Wildman–Crippen LogP) is 3.06. The van der Waals surface area contributed by atoms with E-state index in [9.17, 15) is 24.6 Å². The first-order valence-electron chi connectivity index (χ1n) is 11.1. The molecule has 0 radical (unpaired) electrons. The maximum atomic E-state index is 12.9. The second-order valence-corrected chi connectivity index (χ2v) is 8.57. The van der Waals surface area contributed by atoms with Crippen LogP contribution in [-0.2, 0) is 11.2 Å². The molecule has 184 valence electrons. The fourth-order valence-electron chi connectivity index (χ4n) is 3.78. The van der Waals surface area contributed by atoms with E-state index >= 15 is 0 Å². The van der Waals surface area contributed by atoms with Gasteiger partial charge in [-0.3, -0.25) is 9.78 Å². The lowest BCUT2D eigenvalue weighted by molar-refractivity contribution is -0.147. The Bertz CT molecular complexity index is 1420. The van der Waals surface area contributed by atoms with Crippen molar-refractivity contribution in [2.24, 2.45) is 0 Å². The fourth-order valence-corrected chi connectivity index (χ4v) is 4.03. The van der Waals surface area contributed by atoms with Gasteiger partial charge in [0.1, 0.15) is 0 Å². The lowest BCUT2D eigenvalue weighted by Crippen LogP contribution is -2.41. The van der Waals surface area contributed by atoms with Crippen LogP contribution < -0.4 is 11.0 Å². The molecule has 9 nitrogen and oxygen atoms in total. The van der Waals surface area contributed by atoms with Crippen molar-refractivity contribution in [3.05, 3.63) is 106 Å². The van der Waals surface area contributed by atoms with Crippen LogP contribution in [0, 0.1) is 0 Å². The number of carboxylic acids is 1. The van der Waals surface area contributed by atoms with Gasteiger partial charge in [-0.25, -0.2) is 9.59 Å². The van der Waals surface area contributed by atoms with Crippen LogP contribution in [0.15, 0.2) is 83.7 Å². The molecule has 0 spiro atoms. The summed E-state index contributed by atoms with van der Waals surface area (Å²) in [6, 6.07) is 22.9. The van der Waals surface area contributed by atoms with Crippen molar-refractivity contribution in [3.63, 3.8) is 0 Å². The lowest BCUT2D eigenvalue weighted by Gasteiger charge is -2.20. The van der Waals surface area contributed by atoms with Crippen LogP contribution >= 0.6 is 11.6 Å². The van der Waals surface area contributed by atoms with Gasteiger partial charge in [0, 0.05) is 17.5 Å². The van der Waals surface area contributed by atoms with Crippen molar-refractivity contribution >= 4 is 23.5 Å². The zero-order chi connectivity index (χ0) is 25.7. The summed E-state index contributed by atoms with van der Waals surface area (Å²) in [5, 5.41) is 26.3. The Kier molecular flexibility index (Phi) is 7.62. The molecule has 1 aromatic heterocycles. The molecule has 0 saturated heterocycles. The number of para-hydroxylation sites is 1. The molecule has 0 bridgehead atoms. The number of hydrogen-bond acceptors (Lipinski definition) is 5. The van der Waals surface area contributed by atoms with Crippen LogP contribution in [0.1, 0.15) is 22.6 Å². The molecular formula is C26H23ClN4O5. The summed E-state index contributed by atoms with van der Waals surface area (Å²) in [5.41, 5.74) is 2.41. The maximum Gasteiger partial charge on any atom is 0.348 e. The molecule has 0 fully saturated rings. The molecule has 0 aliphatic carbocycles. The third-order valence-corrected chi connectivity index (χ3v) is 5.94. The van der Waals surface area contributed by atoms with E-state index in [-0.39, 0.29) is 18.7 Å². The van der Waals surface area contributed by atoms with Gasteiger partial charge in [0.05, 0.1) is 5.69 Å². The second kappa shape index (κ2) is 11.0. The summed E-state index contributed by atoms with van der Waals surface area (Å²) >= 11 is 6.51. The van der Waals surface area contributed by atoms with Crippen LogP contribution in [0.5, 0.6) is 0 Å². The molecule has 0 aliphatic heterocycles. The first kappa shape index (κ1) is 24.9. The largest absolute Gasteiger partial charge is 0.479 e. The quantitative estimate of drug-likeness (QED) is 0.275. The molecule has 3 aromatic carbocycles. The number of rotatable bonds is 9. The van der Waals surface area contributed by atoms with Crippen molar-refractivity contribution < 1.29 is 19.8 Å². The lowest BCUT2D eigenvalue weighted by atomic mass is 9.97. The topological polar surface area (TPSA) is 137 Å². The Morgan fingerprint density at radius 3 is 2.31 bits per heavy atom. The zero-order valence-corrected chi connectivity index (χ0v) is 19.7. The molecule has 10 heteroatoms. The highest BCUT2D eigenvalue weighted by Gasteiger charge is 2.25. The number of aliphatic hydroxyl groups is 1. The normalized spacial score (nSPS) is 12.6. The molecular weight excluding hydrogens is 484 g/mol. The Labute approximate surface area is 211 Å². The number of nitrogens with one attached hydrogen (secondary N) is 2. The Hall–Kier alpha value is -4.21. The Balaban J connectivity index is 1.55. The summed E-state index contributed by atoms with van der Waals surface area (Å²) in [6.45, 7) is 0. The monoisotopic (exact) mass is 506 g/mol. The van der Waals surface area contributed by atoms with Gasteiger partial charge in [-0.05, 0) is 41.3 Å². The van der Waals surface area contributed by atoms with Gasteiger partial charge >= 0.3 is 11.7 Å². The number of aromatic nitrogens is 3. The van der Waals surface area contributed by atoms with Gasteiger partial charge in [0.15, 0.2) is 6.10 Å². The first-order valence-corrected chi connectivity index (χ1v) is 11.5. The molecule has 4 rings (SSSR count). The number of benzene rings is 3. The Morgan fingerprint density at radius 2 is 1.67 bits per heavy atom. The van der Waals surface area contributed by atoms with E-state index in [1.807, 2.05) is 36.4 Å². The third kappa shape index (κ3) is 5.88. The maximum absolute atomic E-state index is 12.9. The van der Waals surface area contributed by atoms with Crippen LogP contribution in [0.25, 0.3) is 16.8 Å². The summed E-state index contributed by atoms with van der Waals surface area (Å²) < 4.78 is 1.05. The van der Waals surface area contributed by atoms with Gasteiger partial charge in [-0.15, -0.1) is 5.10 Å². The number of hydrogen-bond donors (Lipinski definition) is 4. The minimum absolute atomic E-state index is 0.146. The van der Waals surface area contributed by atoms with Crippen molar-refractivity contribution in [1.82, 2.24) is 20.1 Å². The SMILES string of the molecule is O=C(N[C@H](Cc1ccc(-c2ccccc2)cc1Cl)C[C@@H](O)C(=O)O)c1nn(-c2ccccc2)c(=O)[nH]1. The minimum atomic E-state index is -1.71. The average molecular weight is 507 g/mol. The standard InChI is InChI=1S/C26H23ClN4O5/c27-21-14-17(16-7-3-1-4-8-16)11-12-18(21)13-19(15-22(32)25(34)35)28-24(33)23-29-26(36)31(30-23)20-9-5-2-6-10-20/h1-12,14,19,22,32H,13,15H2,(H,28,33)(H,34,35)(H,29,30,36)/t19-,22-/m1/s1. The van der Waals surface area contributed by atoms with Crippen molar-refractivity contribution in [1.29, 1.82) is 0 Å². The van der Waals surface area contributed by atoms with E-state index in [2.05, 4.69) is 15.4 Å². The van der Waals surface area contributed by atoms with Crippen LogP contribution in [0.2, 0.25) is 5.02 Å². The zero-order valence-electron chi connectivity index (χ0n) is 19.0. The summed E-state index contributed by atoms with van der Waals surface area (Å²) in [4.78, 5) is 38.9. The van der Waals surface area contributed by atoms with Crippen LogP contribution in [0.4, 0.5) is 0 Å². The molecule has 1 heterocycles. The van der Waals surface area contributed by atoms with Crippen LogP contribution in [-0.4, -0.2) is 49.0 Å². The van der Waals surface area contributed by atoms with E-state index in [1.54, 1.807) is 42.5 Å². The molecule has 4 N–H and O–H groups in total. The van der Waals surface area contributed by atoms with Crippen molar-refractivity contribution in [3.8, 4) is 16.8 Å². The number of carboxylic acid groups (broad SMARTS) is 1. The Morgan fingerprint density at radius 1 is 1.00 bits per heavy atom. The highest BCUT2D eigenvalue weighted by Crippen LogP contribution is 2.27. The van der Waals surface area contributed by atoms with E-state index < -0.39 is 29.7 Å². The van der Waals surface area contributed by atoms with Crippen molar-refractivity contribution in [2.75, 3.05) is 0 Å². The van der Waals surface area contributed by atoms with E-state index in [1.165, 1.54) is 0 Å². The number of aliphatic carboxylic acids is 1. The van der Waals surface area contributed by atoms with Gasteiger partial charge in [-0.1, -0.05) is 72.3 Å². The summed E-state index contributed by atoms with van der Waals surface area (Å²) in [5.74, 6) is -2.38. The molecule has 0 unspecified atom stereocenters. The number of halogens is 1. The highest BCUT2D eigenvalue weighted by atomic mass is 35.5. The van der Waals surface area contributed by atoms with Gasteiger partial charge in [0.25, 0.3) is 5.91 Å². The summed E-state index contributed by atoms with van der Waals surface area (Å²) in [6.07, 6.45) is -1.84. The number of H-pyrrole nitrogens is 1. The molecule has 1 amide bonds. The van der Waals surface area contributed by atoms with Gasteiger partial charge in [-0.2, -0.15) is 4.68 Å². The third-order valence-electron chi connectivity index (χ3n) is 5.59. The molecule has 4 aromatic rings. The summed E-state index contributed by atoms with van der Waals surface area (Å²) in [7, 11) is 0. The number of nitrogens with zero attached hydrogens (tertiary/aromatic N) is 2. The smallest absolute Gasteiger partial charge is 0.348 e. The molecule has 0 saturated carbocycles. The predicted molar refractivity (Wildman–Crippen MR) is 134 cm³/mol.